The Balaban J connectivity index is -0.00000000857. The highest BCUT2D eigenvalue weighted by atomic mass is 16.2. The summed E-state index contributed by atoms with van der Waals surface area (Å²) >= 11 is 0. The molecule has 0 amide bonds. The summed E-state index contributed by atoms with van der Waals surface area (Å²) in [6.07, 6.45) is 0. The van der Waals surface area contributed by atoms with E-state index in [0.29, 0.717) is 0 Å². The SMILES string of the molecule is CC[N+](CC)(CC)CC.[C]=O.[C]=O.[C]=O.[C]=O.[C]=O.[C]=O.[C]=O.[C]=O.[C]=O.[C]=O.[C]=O.[C]=O.[C]=O.[C]=O.[C]=O.[C]=O.[C]=O.[C]=O.[C]=O.[C]=O.[C]=O.[C]=O.[C]=O. The van der Waals surface area contributed by atoms with Gasteiger partial charge >= 0.3 is 0 Å². The second-order valence-corrected chi connectivity index (χ2v) is 2.61. The van der Waals surface area contributed by atoms with Crippen LogP contribution in [-0.2, 0) is 110 Å². The molecule has 0 aliphatic carbocycles. The zero-order valence-corrected chi connectivity index (χ0v) is 28.2. The molecule has 0 fully saturated rings. The predicted octanol–water partition coefficient (Wildman–Crippen LogP) is -7.25. The molecule has 0 heterocycles. The molecule has 0 N–H and O–H groups in total. The number of hydrogen-bond donors (Lipinski definition) is 0. The van der Waals surface area contributed by atoms with E-state index in [4.69, 9.17) is 110 Å². The molecule has 24 heteroatoms. The fourth-order valence-corrected chi connectivity index (χ4v) is 1.34. The molecule has 0 bridgehead atoms. The highest BCUT2D eigenvalue weighted by Crippen LogP contribution is 2.03. The highest BCUT2D eigenvalue weighted by Gasteiger charge is 2.16. The first-order valence-electron chi connectivity index (χ1n) is 8.79. The van der Waals surface area contributed by atoms with Crippen molar-refractivity contribution in [2.75, 3.05) is 26.2 Å². The van der Waals surface area contributed by atoms with Gasteiger partial charge in [0.25, 0.3) is 156 Å². The molecule has 0 saturated carbocycles. The molecule has 0 aromatic carbocycles. The maximum Gasteiger partial charge on any atom is 0.281 e. The molecule has 0 atom stereocenters. The Morgan fingerprint density at radius 1 is 0.164 bits per heavy atom. The van der Waals surface area contributed by atoms with Crippen molar-refractivity contribution < 1.29 is 115 Å². The van der Waals surface area contributed by atoms with E-state index < -0.39 is 0 Å². The molecule has 0 saturated heterocycles. The van der Waals surface area contributed by atoms with Gasteiger partial charge in [0.2, 0.25) is 0 Å². The Hall–Kier alpha value is -7.63. The molecule has 0 aliphatic rings. The van der Waals surface area contributed by atoms with Crippen molar-refractivity contribution in [2.24, 2.45) is 0 Å². The van der Waals surface area contributed by atoms with Crippen LogP contribution in [0.15, 0.2) is 0 Å². The summed E-state index contributed by atoms with van der Waals surface area (Å²) in [7, 11) is 0. The van der Waals surface area contributed by atoms with E-state index >= 15 is 0 Å². The van der Waals surface area contributed by atoms with Gasteiger partial charge in [-0.15, -0.1) is 0 Å². The Kier molecular flexibility index (Phi) is 57600. The van der Waals surface area contributed by atoms with Gasteiger partial charge in [-0.1, -0.05) is 0 Å². The molecule has 0 spiro atoms. The fraction of sp³-hybridized carbons (Fsp3) is 0.258. The summed E-state index contributed by atoms with van der Waals surface area (Å²) in [5.74, 6) is 0. The second kappa shape index (κ2) is 17000. The summed E-state index contributed by atoms with van der Waals surface area (Å²) in [6.45, 7) is 118. The summed E-state index contributed by atoms with van der Waals surface area (Å²) in [6, 6.07) is 0. The topological polar surface area (TPSA) is 393 Å². The minimum Gasteiger partial charge on any atom is -0.325 e. The molecule has 24 nitrogen and oxygen atoms in total. The number of carbonyl (C=O) groups excluding carboxylic acids is 23. The van der Waals surface area contributed by atoms with E-state index in [-0.39, 0.29) is 0 Å². The molecule has 0 aliphatic heterocycles. The average Bonchev–Trinajstić information content (AvgIpc) is 3.41. The van der Waals surface area contributed by atoms with E-state index in [0.717, 1.165) is 0 Å². The van der Waals surface area contributed by atoms with Crippen molar-refractivity contribution in [1.82, 2.24) is 0 Å². The van der Waals surface area contributed by atoms with E-state index in [1.807, 2.05) is 0 Å². The Morgan fingerprint density at radius 3 is 0.200 bits per heavy atom. The predicted molar refractivity (Wildman–Crippen MR) is 173 cm³/mol. The lowest BCUT2D eigenvalue weighted by atomic mass is 10.3. The molecule has 46 radical (unpaired) electrons. The summed E-state index contributed by atoms with van der Waals surface area (Å²) < 4.78 is 1.28. The number of nitrogens with zero attached hydrogens (tertiary/aromatic N) is 1. The Bertz CT molecular complexity index is 266. The van der Waals surface area contributed by atoms with Crippen LogP contribution in [0, 0.1) is 0 Å². The summed E-state index contributed by atoms with van der Waals surface area (Å²) in [5, 5.41) is 0. The Labute approximate surface area is 325 Å². The third-order valence-corrected chi connectivity index (χ3v) is 2.68. The van der Waals surface area contributed by atoms with Crippen molar-refractivity contribution in [3.8, 4) is 0 Å². The van der Waals surface area contributed by atoms with Crippen LogP contribution < -0.4 is 0 Å². The van der Waals surface area contributed by atoms with E-state index in [2.05, 4.69) is 184 Å². The first-order chi connectivity index (χ1) is 27.2. The number of hydrogen-bond acceptors (Lipinski definition) is 23. The van der Waals surface area contributed by atoms with Gasteiger partial charge < -0.3 is 4.48 Å². The largest absolute Gasteiger partial charge is 0.325 e. The van der Waals surface area contributed by atoms with Crippen LogP contribution in [-0.4, -0.2) is 187 Å². The van der Waals surface area contributed by atoms with Crippen LogP contribution >= 0.6 is 0 Å². The van der Waals surface area contributed by atoms with Crippen LogP contribution in [0.2, 0.25) is 0 Å². The van der Waals surface area contributed by atoms with Gasteiger partial charge in [-0.25, -0.2) is 0 Å². The number of rotatable bonds is 4. The molecule has 0 aromatic rings. The maximum atomic E-state index is 7.50. The van der Waals surface area contributed by atoms with Gasteiger partial charge in [0.15, 0.2) is 0 Å². The normalized spacial score (nSPS) is 3.64. The monoisotopic (exact) mass is 774 g/mol. The molecule has 0 rings (SSSR count). The summed E-state index contributed by atoms with van der Waals surface area (Å²) in [4.78, 5) is 172. The second-order valence-electron chi connectivity index (χ2n) is 2.61. The zero-order valence-electron chi connectivity index (χ0n) is 28.2. The van der Waals surface area contributed by atoms with Gasteiger partial charge in [0, 0.05) is 0 Å². The lowest BCUT2D eigenvalue weighted by Gasteiger charge is -2.34. The van der Waals surface area contributed by atoms with Gasteiger partial charge in [-0.3, -0.25) is 110 Å². The van der Waals surface area contributed by atoms with Gasteiger partial charge in [0.05, 0.1) is 26.2 Å². The molecular formula is C31H20NO23+. The maximum absolute atomic E-state index is 7.50. The molecular weight excluding hydrogens is 754 g/mol. The lowest BCUT2D eigenvalue weighted by Crippen LogP contribution is -2.47. The van der Waals surface area contributed by atoms with Crippen molar-refractivity contribution in [2.45, 2.75) is 27.7 Å². The molecule has 55 heavy (non-hydrogen) atoms. The van der Waals surface area contributed by atoms with Crippen LogP contribution in [0.4, 0.5) is 0 Å². The highest BCUT2D eigenvalue weighted by molar-refractivity contribution is 5.15. The zero-order chi connectivity index (χ0) is 53.3. The van der Waals surface area contributed by atoms with E-state index in [1.54, 1.807) is 0 Å². The molecule has 0 aromatic heterocycles. The first-order valence-corrected chi connectivity index (χ1v) is 8.79. The number of quaternary nitrogens is 1. The van der Waals surface area contributed by atoms with Crippen molar-refractivity contribution in [3.63, 3.8) is 0 Å². The van der Waals surface area contributed by atoms with Crippen LogP contribution in [0.3, 0.4) is 0 Å². The van der Waals surface area contributed by atoms with Crippen LogP contribution in [0.25, 0.3) is 0 Å². The van der Waals surface area contributed by atoms with Crippen molar-refractivity contribution in [1.29, 1.82) is 0 Å². The van der Waals surface area contributed by atoms with Gasteiger partial charge in [-0.05, 0) is 27.7 Å². The molecule has 0 unspecified atom stereocenters. The third kappa shape index (κ3) is 4780. The quantitative estimate of drug-likeness (QED) is 0.239. The smallest absolute Gasteiger partial charge is 0.281 e. The summed E-state index contributed by atoms with van der Waals surface area (Å²) in [5.41, 5.74) is 0. The standard InChI is InChI=1S/C8H20N.23CO/c1-5-9(6-2,7-3)8-4;23*1-2/h5-8H2,1-4H3;;;;;;;;;;;;;;;;;;;;;;;/q+1;;;;;;;;;;;;;;;;;;;;;;;. The van der Waals surface area contributed by atoms with Crippen LogP contribution in [0.1, 0.15) is 27.7 Å². The molecule has 286 valence electrons. The van der Waals surface area contributed by atoms with Crippen LogP contribution in [0.5, 0.6) is 0 Å². The van der Waals surface area contributed by atoms with Crippen molar-refractivity contribution >= 4 is 156 Å². The van der Waals surface area contributed by atoms with Gasteiger partial charge in [0.1, 0.15) is 0 Å². The minimum absolute atomic E-state index is 1.28. The third-order valence-electron chi connectivity index (χ3n) is 2.68. The average molecular weight is 774 g/mol. The Morgan fingerprint density at radius 2 is 0.200 bits per heavy atom. The van der Waals surface area contributed by atoms with Gasteiger partial charge in [-0.2, -0.15) is 0 Å². The van der Waals surface area contributed by atoms with E-state index in [9.17, 15) is 0 Å². The fourth-order valence-electron chi connectivity index (χ4n) is 1.34. The minimum atomic E-state index is 1.28. The first kappa shape index (κ1) is 186. The van der Waals surface area contributed by atoms with Crippen molar-refractivity contribution in [3.05, 3.63) is 0 Å². The van der Waals surface area contributed by atoms with E-state index in [1.165, 1.54) is 30.7 Å². The lowest BCUT2D eigenvalue weighted by molar-refractivity contribution is -0.921.